The van der Waals surface area contributed by atoms with Crippen molar-refractivity contribution in [3.63, 3.8) is 0 Å². The molecule has 4 heterocycles. The highest BCUT2D eigenvalue weighted by Crippen LogP contribution is 2.39. The lowest BCUT2D eigenvalue weighted by molar-refractivity contribution is 0.0359. The quantitative estimate of drug-likeness (QED) is 0.403. The molecule has 2 aromatic carbocycles. The van der Waals surface area contributed by atoms with Gasteiger partial charge in [-0.3, -0.25) is 19.0 Å². The second kappa shape index (κ2) is 13.2. The summed E-state index contributed by atoms with van der Waals surface area (Å²) in [7, 11) is -5.62. The standard InChI is InChI=1S/C33H44FN5O4S2/c1-23(2)36-16-18-38(19-17-36)25-8-12-37(13-9-25)24-10-14-39(15-11-24)33-28-21-27(44(3)41)5-6-30(28)35-22-32(33)45(42,43)31-7-4-26(40)20-29(31)34/h4-7,20-25,40H,8-19H2,1-3H3. The SMILES string of the molecule is CC(C)N1CCN(C2CCN(C3CCN(c4c(S(=O)(=O)c5ccc(O)cc5F)cnc5ccc(S(C)=O)cc45)CC3)CC2)CC1. The Balaban J connectivity index is 1.21. The Morgan fingerprint density at radius 2 is 1.49 bits per heavy atom. The summed E-state index contributed by atoms with van der Waals surface area (Å²) in [6.07, 6.45) is 7.01. The number of rotatable bonds is 7. The lowest BCUT2D eigenvalue weighted by Crippen LogP contribution is -2.56. The highest BCUT2D eigenvalue weighted by atomic mass is 32.2. The lowest BCUT2D eigenvalue weighted by atomic mass is 9.96. The van der Waals surface area contributed by atoms with E-state index in [-0.39, 0.29) is 10.6 Å². The molecule has 0 bridgehead atoms. The number of likely N-dealkylation sites (tertiary alicyclic amines) is 1. The Labute approximate surface area is 268 Å². The van der Waals surface area contributed by atoms with Crippen LogP contribution in [0.25, 0.3) is 10.9 Å². The van der Waals surface area contributed by atoms with Crippen LogP contribution in [0.4, 0.5) is 10.1 Å². The van der Waals surface area contributed by atoms with Crippen LogP contribution in [0, 0.1) is 5.82 Å². The van der Waals surface area contributed by atoms with E-state index in [1.54, 1.807) is 24.5 Å². The summed E-state index contributed by atoms with van der Waals surface area (Å²) >= 11 is 0. The molecule has 3 saturated heterocycles. The van der Waals surface area contributed by atoms with Gasteiger partial charge in [0.25, 0.3) is 0 Å². The second-order valence-electron chi connectivity index (χ2n) is 12.9. The fraction of sp³-hybridized carbons (Fsp3) is 0.545. The van der Waals surface area contributed by atoms with Gasteiger partial charge in [-0.2, -0.15) is 0 Å². The van der Waals surface area contributed by atoms with Crippen LogP contribution in [0.15, 0.2) is 57.3 Å². The summed E-state index contributed by atoms with van der Waals surface area (Å²) in [5.41, 5.74) is 1.06. The van der Waals surface area contributed by atoms with Crippen molar-refractivity contribution in [1.29, 1.82) is 0 Å². The fourth-order valence-corrected chi connectivity index (χ4v) is 9.39. The summed E-state index contributed by atoms with van der Waals surface area (Å²) < 4.78 is 55.2. The third-order valence-corrected chi connectivity index (χ3v) is 12.7. The Morgan fingerprint density at radius 3 is 2.09 bits per heavy atom. The summed E-state index contributed by atoms with van der Waals surface area (Å²) in [5.74, 6) is -1.37. The number of halogens is 1. The molecule has 9 nitrogen and oxygen atoms in total. The molecule has 12 heteroatoms. The minimum atomic E-state index is -4.33. The molecule has 244 valence electrons. The van der Waals surface area contributed by atoms with Crippen LogP contribution in [-0.2, 0) is 20.6 Å². The Kier molecular flexibility index (Phi) is 9.50. The molecule has 3 aliphatic heterocycles. The predicted octanol–water partition coefficient (Wildman–Crippen LogP) is 4.11. The van der Waals surface area contributed by atoms with Gasteiger partial charge in [0.15, 0.2) is 0 Å². The molecule has 3 aromatic rings. The van der Waals surface area contributed by atoms with Gasteiger partial charge in [-0.25, -0.2) is 12.8 Å². The van der Waals surface area contributed by atoms with Crippen LogP contribution in [0.5, 0.6) is 5.75 Å². The number of phenols is 1. The molecule has 1 atom stereocenters. The van der Waals surface area contributed by atoms with Gasteiger partial charge >= 0.3 is 0 Å². The van der Waals surface area contributed by atoms with Gasteiger partial charge in [0.05, 0.1) is 11.2 Å². The van der Waals surface area contributed by atoms with Crippen molar-refractivity contribution in [2.75, 3.05) is 63.5 Å². The maximum atomic E-state index is 14.9. The molecule has 1 unspecified atom stereocenters. The number of sulfone groups is 1. The maximum Gasteiger partial charge on any atom is 0.213 e. The van der Waals surface area contributed by atoms with Gasteiger partial charge in [-0.1, -0.05) is 0 Å². The largest absolute Gasteiger partial charge is 0.508 e. The number of benzene rings is 2. The van der Waals surface area contributed by atoms with Gasteiger partial charge in [0, 0.05) is 97.0 Å². The molecular formula is C33H44FN5O4S2. The second-order valence-corrected chi connectivity index (χ2v) is 16.1. The number of piperidine rings is 2. The summed E-state index contributed by atoms with van der Waals surface area (Å²) in [6.45, 7) is 12.6. The van der Waals surface area contributed by atoms with E-state index in [0.29, 0.717) is 52.7 Å². The first-order valence-corrected chi connectivity index (χ1v) is 19.0. The minimum Gasteiger partial charge on any atom is -0.508 e. The van der Waals surface area contributed by atoms with Gasteiger partial charge < -0.3 is 14.9 Å². The van der Waals surface area contributed by atoms with E-state index in [2.05, 4.69) is 38.4 Å². The summed E-state index contributed by atoms with van der Waals surface area (Å²) in [4.78, 5) is 14.3. The lowest BCUT2D eigenvalue weighted by Gasteiger charge is -2.46. The molecule has 1 N–H and O–H groups in total. The average Bonchev–Trinajstić information content (AvgIpc) is 3.04. The number of pyridine rings is 1. The van der Waals surface area contributed by atoms with Crippen LogP contribution < -0.4 is 4.90 Å². The number of hydrogen-bond acceptors (Lipinski definition) is 9. The number of hydrogen-bond donors (Lipinski definition) is 1. The van der Waals surface area contributed by atoms with E-state index >= 15 is 0 Å². The van der Waals surface area contributed by atoms with Gasteiger partial charge in [0.1, 0.15) is 21.4 Å². The molecule has 45 heavy (non-hydrogen) atoms. The number of piperazine rings is 1. The number of phenolic OH excluding ortho intramolecular Hbond substituents is 1. The molecule has 1 aromatic heterocycles. The molecule has 3 fully saturated rings. The molecule has 0 radical (unpaired) electrons. The van der Waals surface area contributed by atoms with Gasteiger partial charge in [-0.05, 0) is 83.0 Å². The van der Waals surface area contributed by atoms with E-state index in [1.807, 2.05) is 0 Å². The topological polar surface area (TPSA) is 97.3 Å². The summed E-state index contributed by atoms with van der Waals surface area (Å²) in [5, 5.41) is 10.3. The van der Waals surface area contributed by atoms with Crippen molar-refractivity contribution in [3.05, 3.63) is 48.4 Å². The summed E-state index contributed by atoms with van der Waals surface area (Å²) in [6, 6.07) is 9.97. The monoisotopic (exact) mass is 657 g/mol. The van der Waals surface area contributed by atoms with Crippen LogP contribution in [0.3, 0.4) is 0 Å². The van der Waals surface area contributed by atoms with Crippen LogP contribution in [0.1, 0.15) is 39.5 Å². The van der Waals surface area contributed by atoms with E-state index in [4.69, 9.17) is 0 Å². The van der Waals surface area contributed by atoms with Crippen LogP contribution in [-0.4, -0.2) is 114 Å². The van der Waals surface area contributed by atoms with Crippen LogP contribution >= 0.6 is 0 Å². The Morgan fingerprint density at radius 1 is 0.867 bits per heavy atom. The van der Waals surface area contributed by atoms with Gasteiger partial charge in [0.2, 0.25) is 9.84 Å². The normalized spacial score (nSPS) is 21.1. The first-order valence-electron chi connectivity index (χ1n) is 16.0. The molecule has 6 rings (SSSR count). The average molecular weight is 658 g/mol. The Hall–Kier alpha value is -2.64. The third-order valence-electron chi connectivity index (χ3n) is 10.00. The van der Waals surface area contributed by atoms with Gasteiger partial charge in [-0.15, -0.1) is 0 Å². The zero-order valence-corrected chi connectivity index (χ0v) is 28.0. The highest BCUT2D eigenvalue weighted by Gasteiger charge is 2.35. The maximum absolute atomic E-state index is 14.9. The van der Waals surface area contributed by atoms with Crippen molar-refractivity contribution in [2.45, 2.75) is 72.3 Å². The number of anilines is 1. The van der Waals surface area contributed by atoms with E-state index in [0.717, 1.165) is 64.2 Å². The molecule has 0 spiro atoms. The minimum absolute atomic E-state index is 0.0875. The molecule has 0 amide bonds. The molecule has 0 saturated carbocycles. The predicted molar refractivity (Wildman–Crippen MR) is 176 cm³/mol. The molecule has 0 aliphatic carbocycles. The number of aromatic nitrogens is 1. The van der Waals surface area contributed by atoms with Crippen molar-refractivity contribution in [3.8, 4) is 5.75 Å². The van der Waals surface area contributed by atoms with Crippen molar-refractivity contribution in [1.82, 2.24) is 19.7 Å². The highest BCUT2D eigenvalue weighted by molar-refractivity contribution is 7.91. The van der Waals surface area contributed by atoms with E-state index in [9.17, 15) is 22.1 Å². The zero-order chi connectivity index (χ0) is 31.9. The molecular weight excluding hydrogens is 614 g/mol. The van der Waals surface area contributed by atoms with Crippen molar-refractivity contribution >= 4 is 37.2 Å². The van der Waals surface area contributed by atoms with E-state index in [1.165, 1.54) is 25.1 Å². The smallest absolute Gasteiger partial charge is 0.213 e. The third kappa shape index (κ3) is 6.62. The number of nitrogens with zero attached hydrogens (tertiary/aromatic N) is 5. The fourth-order valence-electron chi connectivity index (χ4n) is 7.36. The van der Waals surface area contributed by atoms with Crippen molar-refractivity contribution < 1.29 is 22.1 Å². The zero-order valence-electron chi connectivity index (χ0n) is 26.4. The van der Waals surface area contributed by atoms with Crippen LogP contribution in [0.2, 0.25) is 0 Å². The number of aromatic hydroxyl groups is 1. The molecule has 3 aliphatic rings. The Bertz CT molecular complexity index is 1660. The van der Waals surface area contributed by atoms with Crippen molar-refractivity contribution in [2.24, 2.45) is 0 Å². The number of fused-ring (bicyclic) bond motifs is 1. The van der Waals surface area contributed by atoms with E-state index < -0.39 is 31.3 Å². The first kappa shape index (κ1) is 32.3. The first-order chi connectivity index (χ1) is 21.5.